The lowest BCUT2D eigenvalue weighted by molar-refractivity contribution is -0.115. The van der Waals surface area contributed by atoms with E-state index in [9.17, 15) is 9.59 Å². The molecule has 0 fully saturated rings. The quantitative estimate of drug-likeness (QED) is 0.889. The van der Waals surface area contributed by atoms with Crippen LogP contribution >= 0.6 is 0 Å². The van der Waals surface area contributed by atoms with Crippen molar-refractivity contribution < 1.29 is 4.79 Å². The maximum Gasteiger partial charge on any atom is 0.254 e. The predicted molar refractivity (Wildman–Crippen MR) is 77.8 cm³/mol. The molecule has 6 heteroatoms. The summed E-state index contributed by atoms with van der Waals surface area (Å²) in [4.78, 5) is 30.5. The molecule has 21 heavy (non-hydrogen) atoms. The second kappa shape index (κ2) is 6.01. The molecule has 0 spiro atoms. The van der Waals surface area contributed by atoms with Crippen molar-refractivity contribution in [2.75, 3.05) is 5.32 Å². The fourth-order valence-corrected chi connectivity index (χ4v) is 1.99. The van der Waals surface area contributed by atoms with Crippen LogP contribution in [0.25, 0.3) is 0 Å². The van der Waals surface area contributed by atoms with Gasteiger partial charge in [0.25, 0.3) is 5.56 Å². The average Bonchev–Trinajstić information content (AvgIpc) is 2.43. The third-order valence-corrected chi connectivity index (χ3v) is 2.95. The molecule has 2 aromatic rings. The zero-order chi connectivity index (χ0) is 15.4. The zero-order valence-electron chi connectivity index (χ0n) is 11.7. The van der Waals surface area contributed by atoms with Gasteiger partial charge < -0.3 is 10.3 Å². The molecule has 0 aliphatic heterocycles. The van der Waals surface area contributed by atoms with E-state index in [1.807, 2.05) is 6.07 Å². The molecule has 0 saturated carbocycles. The Morgan fingerprint density at radius 3 is 2.86 bits per heavy atom. The molecule has 1 aromatic carbocycles. The number of aromatic amines is 1. The van der Waals surface area contributed by atoms with Crippen molar-refractivity contribution in [1.82, 2.24) is 9.97 Å². The topological polar surface area (TPSA) is 98.6 Å². The average molecular weight is 282 g/mol. The van der Waals surface area contributed by atoms with Crippen molar-refractivity contribution in [2.45, 2.75) is 20.3 Å². The van der Waals surface area contributed by atoms with Gasteiger partial charge in [0.1, 0.15) is 5.82 Å². The summed E-state index contributed by atoms with van der Waals surface area (Å²) in [5.74, 6) is 0.188. The number of nitriles is 1. The lowest BCUT2D eigenvalue weighted by Gasteiger charge is -2.07. The number of benzene rings is 1. The van der Waals surface area contributed by atoms with Crippen molar-refractivity contribution in [3.63, 3.8) is 0 Å². The minimum Gasteiger partial charge on any atom is -0.326 e. The van der Waals surface area contributed by atoms with Crippen molar-refractivity contribution >= 4 is 11.6 Å². The van der Waals surface area contributed by atoms with E-state index < -0.39 is 0 Å². The SMILES string of the molecule is Cc1nc(C)c(CC(=O)Nc2cccc(C#N)c2)c(=O)[nH]1. The Morgan fingerprint density at radius 1 is 1.43 bits per heavy atom. The first-order valence-corrected chi connectivity index (χ1v) is 6.36. The molecule has 1 amide bonds. The van der Waals surface area contributed by atoms with Crippen LogP contribution in [0.3, 0.4) is 0 Å². The summed E-state index contributed by atoms with van der Waals surface area (Å²) in [6, 6.07) is 8.58. The molecule has 0 atom stereocenters. The van der Waals surface area contributed by atoms with E-state index in [1.54, 1.807) is 38.1 Å². The van der Waals surface area contributed by atoms with Crippen LogP contribution in [0, 0.1) is 25.2 Å². The summed E-state index contributed by atoms with van der Waals surface area (Å²) in [6.45, 7) is 3.38. The monoisotopic (exact) mass is 282 g/mol. The summed E-state index contributed by atoms with van der Waals surface area (Å²) in [5.41, 5.74) is 1.56. The van der Waals surface area contributed by atoms with Crippen molar-refractivity contribution in [3.8, 4) is 6.07 Å². The molecule has 2 N–H and O–H groups in total. The highest BCUT2D eigenvalue weighted by molar-refractivity contribution is 5.92. The second-order valence-electron chi connectivity index (χ2n) is 4.63. The van der Waals surface area contributed by atoms with Crippen LogP contribution in [-0.2, 0) is 11.2 Å². The summed E-state index contributed by atoms with van der Waals surface area (Å²) in [7, 11) is 0. The summed E-state index contributed by atoms with van der Waals surface area (Å²) < 4.78 is 0. The van der Waals surface area contributed by atoms with Gasteiger partial charge in [0, 0.05) is 16.9 Å². The first kappa shape index (κ1) is 14.5. The number of aryl methyl sites for hydroxylation is 2. The van der Waals surface area contributed by atoms with Crippen LogP contribution in [0.1, 0.15) is 22.6 Å². The number of carbonyl (C=O) groups is 1. The van der Waals surface area contributed by atoms with Gasteiger partial charge in [0.2, 0.25) is 5.91 Å². The van der Waals surface area contributed by atoms with Crippen LogP contribution in [-0.4, -0.2) is 15.9 Å². The number of hydrogen-bond acceptors (Lipinski definition) is 4. The molecule has 1 heterocycles. The predicted octanol–water partition coefficient (Wildman–Crippen LogP) is 1.44. The van der Waals surface area contributed by atoms with E-state index in [0.717, 1.165) is 0 Å². The Balaban J connectivity index is 2.16. The first-order valence-electron chi connectivity index (χ1n) is 6.36. The number of hydrogen-bond donors (Lipinski definition) is 2. The molecule has 106 valence electrons. The number of nitrogens with one attached hydrogen (secondary N) is 2. The molecule has 0 unspecified atom stereocenters. The van der Waals surface area contributed by atoms with Crippen LogP contribution in [0.4, 0.5) is 5.69 Å². The van der Waals surface area contributed by atoms with Crippen molar-refractivity contribution in [3.05, 3.63) is 57.3 Å². The molecule has 2 rings (SSSR count). The fraction of sp³-hybridized carbons (Fsp3) is 0.200. The molecule has 0 bridgehead atoms. The highest BCUT2D eigenvalue weighted by Gasteiger charge is 2.12. The number of anilines is 1. The van der Waals surface area contributed by atoms with Crippen molar-refractivity contribution in [2.24, 2.45) is 0 Å². The summed E-state index contributed by atoms with van der Waals surface area (Å²) in [6.07, 6.45) is -0.0643. The van der Waals surface area contributed by atoms with E-state index in [-0.39, 0.29) is 17.9 Å². The van der Waals surface area contributed by atoms with Crippen LogP contribution < -0.4 is 10.9 Å². The molecular formula is C15H14N4O2. The minimum absolute atomic E-state index is 0.0643. The fourth-order valence-electron chi connectivity index (χ4n) is 1.99. The van der Waals surface area contributed by atoms with Crippen LogP contribution in [0.5, 0.6) is 0 Å². The van der Waals surface area contributed by atoms with Gasteiger partial charge in [0.15, 0.2) is 0 Å². The lowest BCUT2D eigenvalue weighted by Crippen LogP contribution is -2.24. The van der Waals surface area contributed by atoms with Gasteiger partial charge in [-0.25, -0.2) is 4.98 Å². The molecule has 0 aliphatic carbocycles. The van der Waals surface area contributed by atoms with E-state index in [4.69, 9.17) is 5.26 Å². The highest BCUT2D eigenvalue weighted by atomic mass is 16.2. The molecular weight excluding hydrogens is 268 g/mol. The van der Waals surface area contributed by atoms with Gasteiger partial charge in [-0.05, 0) is 32.0 Å². The Labute approximate surface area is 121 Å². The second-order valence-corrected chi connectivity index (χ2v) is 4.63. The number of aromatic nitrogens is 2. The molecule has 6 nitrogen and oxygen atoms in total. The van der Waals surface area contributed by atoms with Crippen LogP contribution in [0.2, 0.25) is 0 Å². The summed E-state index contributed by atoms with van der Waals surface area (Å²) >= 11 is 0. The smallest absolute Gasteiger partial charge is 0.254 e. The minimum atomic E-state index is -0.329. The molecule has 1 aromatic heterocycles. The van der Waals surface area contributed by atoms with Gasteiger partial charge in [-0.3, -0.25) is 9.59 Å². The Morgan fingerprint density at radius 2 is 2.19 bits per heavy atom. The summed E-state index contributed by atoms with van der Waals surface area (Å²) in [5, 5.41) is 11.5. The third kappa shape index (κ3) is 3.54. The van der Waals surface area contributed by atoms with Gasteiger partial charge in [-0.15, -0.1) is 0 Å². The Hall–Kier alpha value is -2.94. The van der Waals surface area contributed by atoms with Gasteiger partial charge >= 0.3 is 0 Å². The number of H-pyrrole nitrogens is 1. The van der Waals surface area contributed by atoms with E-state index in [1.165, 1.54) is 0 Å². The maximum atomic E-state index is 12.0. The first-order chi connectivity index (χ1) is 9.99. The lowest BCUT2D eigenvalue weighted by atomic mass is 10.1. The normalized spacial score (nSPS) is 9.95. The van der Waals surface area contributed by atoms with E-state index >= 15 is 0 Å². The number of rotatable bonds is 3. The molecule has 0 radical (unpaired) electrons. The zero-order valence-corrected chi connectivity index (χ0v) is 11.7. The largest absolute Gasteiger partial charge is 0.326 e. The van der Waals surface area contributed by atoms with E-state index in [0.29, 0.717) is 28.3 Å². The number of carbonyl (C=O) groups excluding carboxylic acids is 1. The van der Waals surface area contributed by atoms with Crippen molar-refractivity contribution in [1.29, 1.82) is 5.26 Å². The number of amides is 1. The Bertz CT molecular complexity index is 787. The van der Waals surface area contributed by atoms with E-state index in [2.05, 4.69) is 15.3 Å². The number of nitrogens with zero attached hydrogens (tertiary/aromatic N) is 2. The maximum absolute atomic E-state index is 12.0. The van der Waals surface area contributed by atoms with Gasteiger partial charge in [-0.2, -0.15) is 5.26 Å². The Kier molecular flexibility index (Phi) is 4.14. The standard InChI is InChI=1S/C15H14N4O2/c1-9-13(15(21)18-10(2)17-9)7-14(20)19-12-5-3-4-11(6-12)8-16/h3-6H,7H2,1-2H3,(H,19,20)(H,17,18,21). The van der Waals surface area contributed by atoms with Gasteiger partial charge in [-0.1, -0.05) is 6.07 Å². The molecule has 0 aliphatic rings. The van der Waals surface area contributed by atoms with Crippen LogP contribution in [0.15, 0.2) is 29.1 Å². The third-order valence-electron chi connectivity index (χ3n) is 2.95. The van der Waals surface area contributed by atoms with Gasteiger partial charge in [0.05, 0.1) is 18.1 Å². The molecule has 0 saturated heterocycles. The highest BCUT2D eigenvalue weighted by Crippen LogP contribution is 2.10.